The van der Waals surface area contributed by atoms with Crippen LogP contribution in [-0.2, 0) is 4.79 Å². The van der Waals surface area contributed by atoms with Gasteiger partial charge in [-0.2, -0.15) is 0 Å². The van der Waals surface area contributed by atoms with E-state index in [1.54, 1.807) is 41.1 Å². The van der Waals surface area contributed by atoms with Crippen LogP contribution < -0.4 is 10.7 Å². The summed E-state index contributed by atoms with van der Waals surface area (Å²) in [5.74, 6) is -0.590. The molecule has 0 bridgehead atoms. The van der Waals surface area contributed by atoms with Gasteiger partial charge >= 0.3 is 5.91 Å². The van der Waals surface area contributed by atoms with E-state index in [2.05, 4.69) is 26.7 Å². The van der Waals surface area contributed by atoms with Crippen molar-refractivity contribution < 1.29 is 14.3 Å². The molecule has 0 aliphatic carbocycles. The Kier molecular flexibility index (Phi) is 5.97. The van der Waals surface area contributed by atoms with Crippen molar-refractivity contribution in [1.29, 1.82) is 0 Å². The van der Waals surface area contributed by atoms with Crippen LogP contribution in [0.2, 0.25) is 5.02 Å². The van der Waals surface area contributed by atoms with Crippen molar-refractivity contribution in [3.63, 3.8) is 0 Å². The molecule has 2 amide bonds. The number of nitrogens with one attached hydrogen (secondary N) is 2. The topological polar surface area (TPSA) is 61.2 Å². The quantitative estimate of drug-likeness (QED) is 0.549. The van der Waals surface area contributed by atoms with Crippen LogP contribution in [0.4, 0.5) is 0 Å². The van der Waals surface area contributed by atoms with Crippen LogP contribution in [0.15, 0.2) is 83.3 Å². The van der Waals surface area contributed by atoms with Crippen molar-refractivity contribution in [2.45, 2.75) is 12.1 Å². The second-order valence-electron chi connectivity index (χ2n) is 6.88. The molecule has 1 fully saturated rings. The van der Waals surface area contributed by atoms with Crippen LogP contribution in [0.25, 0.3) is 0 Å². The third kappa shape index (κ3) is 4.45. The molecule has 5 nitrogen and oxygen atoms in total. The zero-order valence-corrected chi connectivity index (χ0v) is 18.1. The number of benzene rings is 3. The summed E-state index contributed by atoms with van der Waals surface area (Å²) in [6.45, 7) is 0. The molecule has 1 aliphatic rings. The predicted octanol–water partition coefficient (Wildman–Crippen LogP) is 4.12. The van der Waals surface area contributed by atoms with E-state index in [-0.39, 0.29) is 11.8 Å². The molecule has 1 saturated heterocycles. The van der Waals surface area contributed by atoms with Gasteiger partial charge in [0.1, 0.15) is 0 Å². The fraction of sp³-hybridized carbons (Fsp3) is 0.0870. The smallest absolute Gasteiger partial charge is 0.304 e. The van der Waals surface area contributed by atoms with Gasteiger partial charge in [0.25, 0.3) is 5.91 Å². The van der Waals surface area contributed by atoms with Gasteiger partial charge in [0, 0.05) is 26.2 Å². The van der Waals surface area contributed by atoms with E-state index in [0.717, 1.165) is 15.6 Å². The van der Waals surface area contributed by atoms with Crippen LogP contribution in [-0.4, -0.2) is 28.8 Å². The van der Waals surface area contributed by atoms with Crippen LogP contribution in [0.1, 0.15) is 27.5 Å². The van der Waals surface area contributed by atoms with Crippen LogP contribution in [0.3, 0.4) is 0 Å². The SMILES string of the molecule is O=C(N[C@H]1C(=O)N/[N+](=C\c2ccc(Br)cc2)[C@@H]1c1ccc(Cl)cc1)c1ccccc1. The number of halogens is 2. The lowest BCUT2D eigenvalue weighted by molar-refractivity contribution is -0.596. The Morgan fingerprint density at radius 3 is 2.33 bits per heavy atom. The van der Waals surface area contributed by atoms with Crippen molar-refractivity contribution in [2.24, 2.45) is 0 Å². The Bertz CT molecular complexity index is 1100. The molecule has 4 rings (SSSR count). The van der Waals surface area contributed by atoms with Gasteiger partial charge in [-0.25, -0.2) is 0 Å². The fourth-order valence-electron chi connectivity index (χ4n) is 3.36. The highest BCUT2D eigenvalue weighted by Crippen LogP contribution is 2.27. The molecule has 3 aromatic carbocycles. The summed E-state index contributed by atoms with van der Waals surface area (Å²) in [6, 6.07) is 22.6. The average Bonchev–Trinajstić information content (AvgIpc) is 3.05. The summed E-state index contributed by atoms with van der Waals surface area (Å²) in [7, 11) is 0. The maximum Gasteiger partial charge on any atom is 0.304 e. The van der Waals surface area contributed by atoms with Gasteiger partial charge in [-0.1, -0.05) is 57.9 Å². The molecular formula is C23H18BrClN3O2+. The summed E-state index contributed by atoms with van der Waals surface area (Å²) in [5.41, 5.74) is 5.12. The molecule has 2 N–H and O–H groups in total. The number of hydrogen-bond donors (Lipinski definition) is 2. The Hall–Kier alpha value is -2.96. The minimum Gasteiger partial charge on any atom is -0.334 e. The summed E-state index contributed by atoms with van der Waals surface area (Å²) in [4.78, 5) is 25.6. The van der Waals surface area contributed by atoms with Crippen LogP contribution in [0, 0.1) is 0 Å². The highest BCUT2D eigenvalue weighted by molar-refractivity contribution is 9.10. The zero-order valence-electron chi connectivity index (χ0n) is 15.8. The van der Waals surface area contributed by atoms with Crippen molar-refractivity contribution in [2.75, 3.05) is 0 Å². The number of carbonyl (C=O) groups is 2. The summed E-state index contributed by atoms with van der Waals surface area (Å²) >= 11 is 9.48. The monoisotopic (exact) mass is 482 g/mol. The summed E-state index contributed by atoms with van der Waals surface area (Å²) in [5, 5.41) is 3.48. The number of hydrazone groups is 1. The van der Waals surface area contributed by atoms with E-state index in [0.29, 0.717) is 10.6 Å². The minimum absolute atomic E-state index is 0.285. The highest BCUT2D eigenvalue weighted by atomic mass is 79.9. The molecule has 7 heteroatoms. The lowest BCUT2D eigenvalue weighted by Gasteiger charge is -2.14. The van der Waals surface area contributed by atoms with Gasteiger partial charge in [-0.05, 0) is 48.5 Å². The Morgan fingerprint density at radius 1 is 1.00 bits per heavy atom. The molecule has 2 atom stereocenters. The van der Waals surface area contributed by atoms with Crippen molar-refractivity contribution >= 4 is 45.6 Å². The molecule has 0 spiro atoms. The zero-order chi connectivity index (χ0) is 21.1. The number of rotatable bonds is 4. The summed E-state index contributed by atoms with van der Waals surface area (Å²) < 4.78 is 2.69. The third-order valence-electron chi connectivity index (χ3n) is 4.83. The Labute approximate surface area is 187 Å². The van der Waals surface area contributed by atoms with Gasteiger partial charge in [-0.15, -0.1) is 10.1 Å². The lowest BCUT2D eigenvalue weighted by atomic mass is 10.00. The molecule has 150 valence electrons. The first-order valence-electron chi connectivity index (χ1n) is 9.32. The minimum atomic E-state index is -0.773. The van der Waals surface area contributed by atoms with Gasteiger partial charge in [0.05, 0.1) is 0 Å². The van der Waals surface area contributed by atoms with Crippen molar-refractivity contribution in [3.8, 4) is 0 Å². The predicted molar refractivity (Wildman–Crippen MR) is 120 cm³/mol. The number of hydrazine groups is 1. The third-order valence-corrected chi connectivity index (χ3v) is 5.61. The largest absolute Gasteiger partial charge is 0.334 e. The molecule has 0 unspecified atom stereocenters. The lowest BCUT2D eigenvalue weighted by Crippen LogP contribution is -2.42. The number of hydrogen-bond acceptors (Lipinski definition) is 2. The molecule has 0 radical (unpaired) electrons. The highest BCUT2D eigenvalue weighted by Gasteiger charge is 2.47. The van der Waals surface area contributed by atoms with Gasteiger partial charge < -0.3 is 5.32 Å². The molecule has 1 heterocycles. The number of nitrogens with zero attached hydrogens (tertiary/aromatic N) is 1. The maximum atomic E-state index is 12.8. The van der Waals surface area contributed by atoms with Crippen molar-refractivity contribution in [3.05, 3.63) is 105 Å². The van der Waals surface area contributed by atoms with E-state index in [1.165, 1.54) is 0 Å². The molecule has 0 aromatic heterocycles. The Morgan fingerprint density at radius 2 is 1.67 bits per heavy atom. The molecule has 1 aliphatic heterocycles. The van der Waals surface area contributed by atoms with E-state index in [1.807, 2.05) is 48.7 Å². The molecule has 3 aromatic rings. The molecule has 0 saturated carbocycles. The second kappa shape index (κ2) is 8.81. The first kappa shape index (κ1) is 20.3. The summed E-state index contributed by atoms with van der Waals surface area (Å²) in [6.07, 6.45) is 1.85. The maximum absolute atomic E-state index is 12.8. The second-order valence-corrected chi connectivity index (χ2v) is 8.23. The van der Waals surface area contributed by atoms with Gasteiger partial charge in [0.15, 0.2) is 6.04 Å². The van der Waals surface area contributed by atoms with Gasteiger partial charge in [-0.3, -0.25) is 9.59 Å². The van der Waals surface area contributed by atoms with Crippen LogP contribution in [0.5, 0.6) is 0 Å². The van der Waals surface area contributed by atoms with E-state index in [9.17, 15) is 9.59 Å². The molecular weight excluding hydrogens is 466 g/mol. The molecule has 30 heavy (non-hydrogen) atoms. The van der Waals surface area contributed by atoms with Gasteiger partial charge in [0.2, 0.25) is 12.3 Å². The average molecular weight is 484 g/mol. The number of amides is 2. The van der Waals surface area contributed by atoms with Crippen LogP contribution >= 0.6 is 27.5 Å². The first-order chi connectivity index (χ1) is 14.5. The van der Waals surface area contributed by atoms with E-state index >= 15 is 0 Å². The van der Waals surface area contributed by atoms with E-state index in [4.69, 9.17) is 11.6 Å². The Balaban J connectivity index is 1.70. The fourth-order valence-corrected chi connectivity index (χ4v) is 3.75. The van der Waals surface area contributed by atoms with Crippen molar-refractivity contribution in [1.82, 2.24) is 10.7 Å². The normalized spacial score (nSPS) is 19.5. The van der Waals surface area contributed by atoms with E-state index < -0.39 is 12.1 Å². The number of carbonyl (C=O) groups excluding carboxylic acids is 2. The first-order valence-corrected chi connectivity index (χ1v) is 10.5. The standard InChI is InChI=1S/C23H17BrClN3O2/c24-18-10-6-15(7-11-18)14-28-21(16-8-12-19(25)13-9-16)20(23(30)27-28)26-22(29)17-4-2-1-3-5-17/h1-14,20-21H,(H-,26,27,29,30)/p+1/b28-14-/t20-,21-/m1/s1.